The summed E-state index contributed by atoms with van der Waals surface area (Å²) in [5, 5.41) is 11.5. The standard InChI is InChI=1S/C27H21F3O5/c1-33-23-13-18-19(14-24(23)34-2)25(20(12-22(18)31)26(32)35-3)16-10-8-15(9-11-16)17-6-4-5-7-21(17)27(28,29)30/h4-14,31H,1-3H3. The number of phenols is 1. The molecule has 5 nitrogen and oxygen atoms in total. The van der Waals surface area contributed by atoms with Crippen molar-refractivity contribution in [3.05, 3.63) is 77.9 Å². The highest BCUT2D eigenvalue weighted by molar-refractivity contribution is 6.11. The van der Waals surface area contributed by atoms with Crippen molar-refractivity contribution in [1.29, 1.82) is 0 Å². The molecule has 0 amide bonds. The SMILES string of the molecule is COC(=O)c1cc(O)c2cc(OC)c(OC)cc2c1-c1ccc(-c2ccccc2C(F)(F)F)cc1. The molecule has 4 rings (SSSR count). The second kappa shape index (κ2) is 9.21. The molecule has 0 bridgehead atoms. The van der Waals surface area contributed by atoms with Crippen molar-refractivity contribution in [2.24, 2.45) is 0 Å². The quantitative estimate of drug-likeness (QED) is 0.321. The molecule has 0 spiro atoms. The van der Waals surface area contributed by atoms with Crippen molar-refractivity contribution < 1.29 is 37.3 Å². The van der Waals surface area contributed by atoms with Crippen LogP contribution < -0.4 is 9.47 Å². The van der Waals surface area contributed by atoms with E-state index in [0.29, 0.717) is 39.0 Å². The van der Waals surface area contributed by atoms with Crippen LogP contribution in [0.5, 0.6) is 17.2 Å². The number of hydrogen-bond acceptors (Lipinski definition) is 5. The molecule has 0 atom stereocenters. The van der Waals surface area contributed by atoms with E-state index in [0.717, 1.165) is 6.07 Å². The number of rotatable bonds is 5. The van der Waals surface area contributed by atoms with Crippen LogP contribution in [-0.2, 0) is 10.9 Å². The van der Waals surface area contributed by atoms with Crippen LogP contribution in [-0.4, -0.2) is 32.4 Å². The number of methoxy groups -OCH3 is 3. The summed E-state index contributed by atoms with van der Waals surface area (Å²) in [4.78, 5) is 12.6. The molecular weight excluding hydrogens is 461 g/mol. The lowest BCUT2D eigenvalue weighted by Crippen LogP contribution is -2.07. The lowest BCUT2D eigenvalue weighted by molar-refractivity contribution is -0.137. The van der Waals surface area contributed by atoms with E-state index in [-0.39, 0.29) is 16.9 Å². The van der Waals surface area contributed by atoms with E-state index in [4.69, 9.17) is 14.2 Å². The summed E-state index contributed by atoms with van der Waals surface area (Å²) in [5.41, 5.74) is 0.727. The molecule has 0 heterocycles. The Balaban J connectivity index is 1.96. The Kier molecular flexibility index (Phi) is 6.30. The monoisotopic (exact) mass is 482 g/mol. The summed E-state index contributed by atoms with van der Waals surface area (Å²) in [5.74, 6) is -0.0936. The molecule has 0 aliphatic heterocycles. The van der Waals surface area contributed by atoms with Gasteiger partial charge in [0.2, 0.25) is 0 Å². The molecule has 0 saturated carbocycles. The van der Waals surface area contributed by atoms with Crippen molar-refractivity contribution in [2.75, 3.05) is 21.3 Å². The number of carbonyl (C=O) groups is 1. The van der Waals surface area contributed by atoms with Crippen molar-refractivity contribution in [3.8, 4) is 39.5 Å². The van der Waals surface area contributed by atoms with E-state index >= 15 is 0 Å². The molecule has 1 N–H and O–H groups in total. The first-order valence-corrected chi connectivity index (χ1v) is 10.5. The van der Waals surface area contributed by atoms with Gasteiger partial charge in [-0.25, -0.2) is 4.79 Å². The zero-order valence-electron chi connectivity index (χ0n) is 19.1. The summed E-state index contributed by atoms with van der Waals surface area (Å²) >= 11 is 0. The van der Waals surface area contributed by atoms with Crippen molar-refractivity contribution in [1.82, 2.24) is 0 Å². The van der Waals surface area contributed by atoms with Crippen LogP contribution in [0.3, 0.4) is 0 Å². The van der Waals surface area contributed by atoms with Gasteiger partial charge in [-0.2, -0.15) is 13.2 Å². The van der Waals surface area contributed by atoms with Gasteiger partial charge in [0.05, 0.1) is 32.5 Å². The first-order chi connectivity index (χ1) is 16.7. The van der Waals surface area contributed by atoms with E-state index in [9.17, 15) is 23.1 Å². The number of esters is 1. The fraction of sp³-hybridized carbons (Fsp3) is 0.148. The number of carbonyl (C=O) groups excluding carboxylic acids is 1. The Morgan fingerprint density at radius 2 is 1.37 bits per heavy atom. The first-order valence-electron chi connectivity index (χ1n) is 10.5. The number of halogens is 3. The Labute approximate surface area is 199 Å². The number of aromatic hydroxyl groups is 1. The van der Waals surface area contributed by atoms with E-state index in [1.54, 1.807) is 42.5 Å². The van der Waals surface area contributed by atoms with E-state index < -0.39 is 17.7 Å². The topological polar surface area (TPSA) is 65.0 Å². The molecule has 0 aliphatic carbocycles. The highest BCUT2D eigenvalue weighted by atomic mass is 19.4. The summed E-state index contributed by atoms with van der Waals surface area (Å²) < 4.78 is 56.2. The van der Waals surface area contributed by atoms with Crippen molar-refractivity contribution in [3.63, 3.8) is 0 Å². The third-order valence-electron chi connectivity index (χ3n) is 5.74. The molecule has 4 aromatic carbocycles. The number of hydrogen-bond donors (Lipinski definition) is 1. The maximum Gasteiger partial charge on any atom is 0.417 e. The van der Waals surface area contributed by atoms with Gasteiger partial charge in [-0.15, -0.1) is 0 Å². The molecule has 8 heteroatoms. The number of alkyl halides is 3. The van der Waals surface area contributed by atoms with Gasteiger partial charge in [-0.1, -0.05) is 42.5 Å². The lowest BCUT2D eigenvalue weighted by atomic mass is 9.90. The van der Waals surface area contributed by atoms with Crippen molar-refractivity contribution >= 4 is 16.7 Å². The van der Waals surface area contributed by atoms with Crippen LogP contribution in [0.4, 0.5) is 13.2 Å². The first kappa shape index (κ1) is 23.9. The molecule has 0 aliphatic rings. The number of phenolic OH excluding ortho intramolecular Hbond substituents is 1. The van der Waals surface area contributed by atoms with Crippen LogP contribution in [0.25, 0.3) is 33.0 Å². The zero-order chi connectivity index (χ0) is 25.3. The fourth-order valence-electron chi connectivity index (χ4n) is 4.11. The van der Waals surface area contributed by atoms with Gasteiger partial charge in [0, 0.05) is 10.9 Å². The Morgan fingerprint density at radius 1 is 0.800 bits per heavy atom. The minimum absolute atomic E-state index is 0.0433. The second-order valence-corrected chi connectivity index (χ2v) is 7.68. The normalized spacial score (nSPS) is 11.4. The molecule has 180 valence electrons. The summed E-state index contributed by atoms with van der Waals surface area (Å²) in [7, 11) is 4.14. The number of benzene rings is 4. The van der Waals surface area contributed by atoms with Gasteiger partial charge in [-0.05, 0) is 46.3 Å². The average Bonchev–Trinajstić information content (AvgIpc) is 2.87. The van der Waals surface area contributed by atoms with Crippen LogP contribution in [0.15, 0.2) is 66.7 Å². The van der Waals surface area contributed by atoms with Crippen molar-refractivity contribution in [2.45, 2.75) is 6.18 Å². The van der Waals surface area contributed by atoms with Crippen LogP contribution in [0, 0.1) is 0 Å². The van der Waals surface area contributed by atoms with Gasteiger partial charge in [-0.3, -0.25) is 0 Å². The number of ether oxygens (including phenoxy) is 3. The molecule has 0 unspecified atom stereocenters. The van der Waals surface area contributed by atoms with Crippen LogP contribution in [0.1, 0.15) is 15.9 Å². The summed E-state index contributed by atoms with van der Waals surface area (Å²) in [6.07, 6.45) is -4.50. The number of fused-ring (bicyclic) bond motifs is 1. The predicted molar refractivity (Wildman–Crippen MR) is 126 cm³/mol. The maximum absolute atomic E-state index is 13.5. The molecule has 4 aromatic rings. The predicted octanol–water partition coefficient (Wildman–Crippen LogP) is 6.70. The van der Waals surface area contributed by atoms with E-state index in [1.807, 2.05) is 0 Å². The Hall–Kier alpha value is -4.20. The molecule has 35 heavy (non-hydrogen) atoms. The minimum Gasteiger partial charge on any atom is -0.507 e. The zero-order valence-corrected chi connectivity index (χ0v) is 19.1. The largest absolute Gasteiger partial charge is 0.507 e. The summed E-state index contributed by atoms with van der Waals surface area (Å²) in [6.45, 7) is 0. The highest BCUT2D eigenvalue weighted by Crippen LogP contribution is 2.44. The summed E-state index contributed by atoms with van der Waals surface area (Å²) in [6, 6.07) is 16.2. The van der Waals surface area contributed by atoms with Gasteiger partial charge in [0.1, 0.15) is 5.75 Å². The lowest BCUT2D eigenvalue weighted by Gasteiger charge is -2.17. The minimum atomic E-state index is -4.50. The Morgan fingerprint density at radius 3 is 1.94 bits per heavy atom. The van der Waals surface area contributed by atoms with Crippen LogP contribution in [0.2, 0.25) is 0 Å². The van der Waals surface area contributed by atoms with E-state index in [2.05, 4.69) is 0 Å². The molecule has 0 saturated heterocycles. The molecule has 0 radical (unpaired) electrons. The molecule has 0 fully saturated rings. The third-order valence-corrected chi connectivity index (χ3v) is 5.74. The second-order valence-electron chi connectivity index (χ2n) is 7.68. The highest BCUT2D eigenvalue weighted by Gasteiger charge is 2.33. The van der Waals surface area contributed by atoms with E-state index in [1.165, 1.54) is 39.5 Å². The van der Waals surface area contributed by atoms with Gasteiger partial charge in [0.25, 0.3) is 0 Å². The molecular formula is C27H21F3O5. The van der Waals surface area contributed by atoms with Gasteiger partial charge < -0.3 is 19.3 Å². The van der Waals surface area contributed by atoms with Crippen LogP contribution >= 0.6 is 0 Å². The molecule has 0 aromatic heterocycles. The smallest absolute Gasteiger partial charge is 0.417 e. The Bertz CT molecular complexity index is 1410. The van der Waals surface area contributed by atoms with Gasteiger partial charge >= 0.3 is 12.1 Å². The maximum atomic E-state index is 13.5. The average molecular weight is 482 g/mol. The fourth-order valence-corrected chi connectivity index (χ4v) is 4.11. The third kappa shape index (κ3) is 4.35. The van der Waals surface area contributed by atoms with Gasteiger partial charge in [0.15, 0.2) is 11.5 Å².